The van der Waals surface area contributed by atoms with Gasteiger partial charge in [0.2, 0.25) is 0 Å². The third kappa shape index (κ3) is 4.10. The zero-order chi connectivity index (χ0) is 16.8. The quantitative estimate of drug-likeness (QED) is 0.641. The molecule has 1 aromatic carbocycles. The van der Waals surface area contributed by atoms with Crippen molar-refractivity contribution in [1.29, 1.82) is 0 Å². The summed E-state index contributed by atoms with van der Waals surface area (Å²) >= 11 is 1.57. The molecular formula is C17H22N4O2S. The average Bonchev–Trinajstić information content (AvgIpc) is 3.30. The molecule has 0 spiro atoms. The van der Waals surface area contributed by atoms with Gasteiger partial charge in [0.25, 0.3) is 0 Å². The molecule has 1 atom stereocenters. The van der Waals surface area contributed by atoms with Crippen LogP contribution in [0.15, 0.2) is 35.3 Å². The van der Waals surface area contributed by atoms with Crippen molar-refractivity contribution in [1.82, 2.24) is 10.2 Å². The monoisotopic (exact) mass is 346 g/mol. The highest BCUT2D eigenvalue weighted by Gasteiger charge is 2.15. The fraction of sp³-hybridized carbons (Fsp3) is 0.412. The van der Waals surface area contributed by atoms with E-state index in [0.29, 0.717) is 6.54 Å². The van der Waals surface area contributed by atoms with Gasteiger partial charge in [-0.1, -0.05) is 23.9 Å². The molecule has 0 amide bonds. The number of anilines is 1. The van der Waals surface area contributed by atoms with Crippen LogP contribution in [-0.2, 0) is 4.74 Å². The molecular weight excluding hydrogens is 324 g/mol. The normalized spacial score (nSPS) is 17.9. The summed E-state index contributed by atoms with van der Waals surface area (Å²) in [6.07, 6.45) is 4.46. The molecule has 128 valence electrons. The van der Waals surface area contributed by atoms with Crippen LogP contribution in [0.4, 0.5) is 5.82 Å². The van der Waals surface area contributed by atoms with Gasteiger partial charge in [0.15, 0.2) is 11.0 Å². The molecule has 2 N–H and O–H groups in total. The minimum atomic E-state index is 0.247. The van der Waals surface area contributed by atoms with E-state index in [1.165, 1.54) is 0 Å². The van der Waals surface area contributed by atoms with Crippen LogP contribution in [-0.4, -0.2) is 48.0 Å². The first-order valence-corrected chi connectivity index (χ1v) is 9.18. The second-order valence-electron chi connectivity index (χ2n) is 5.48. The maximum Gasteiger partial charge on any atom is 0.162 e. The predicted molar refractivity (Wildman–Crippen MR) is 99.0 cm³/mol. The van der Waals surface area contributed by atoms with E-state index in [2.05, 4.69) is 20.5 Å². The Morgan fingerprint density at radius 3 is 3.12 bits per heavy atom. The average molecular weight is 346 g/mol. The van der Waals surface area contributed by atoms with Crippen LogP contribution < -0.4 is 10.1 Å². The predicted octanol–water partition coefficient (Wildman–Crippen LogP) is 3.40. The van der Waals surface area contributed by atoms with Crippen LogP contribution in [0.25, 0.3) is 11.3 Å². The molecule has 0 radical (unpaired) electrons. The van der Waals surface area contributed by atoms with E-state index in [-0.39, 0.29) is 6.10 Å². The second kappa shape index (κ2) is 8.21. The number of aromatic nitrogens is 2. The molecule has 1 unspecified atom stereocenters. The molecule has 2 heterocycles. The van der Waals surface area contributed by atoms with Crippen molar-refractivity contribution in [2.75, 3.05) is 31.8 Å². The van der Waals surface area contributed by atoms with Crippen molar-refractivity contribution in [3.05, 3.63) is 30.3 Å². The number of H-pyrrole nitrogens is 1. The van der Waals surface area contributed by atoms with Crippen molar-refractivity contribution < 1.29 is 9.47 Å². The Morgan fingerprint density at radius 1 is 1.50 bits per heavy atom. The van der Waals surface area contributed by atoms with Gasteiger partial charge in [-0.05, 0) is 31.2 Å². The lowest BCUT2D eigenvalue weighted by molar-refractivity contribution is 0.118. The highest BCUT2D eigenvalue weighted by atomic mass is 32.2. The minimum absolute atomic E-state index is 0.247. The molecule has 24 heavy (non-hydrogen) atoms. The molecule has 7 heteroatoms. The number of ether oxygens (including phenoxy) is 2. The number of benzene rings is 1. The Morgan fingerprint density at radius 2 is 2.38 bits per heavy atom. The Balaban J connectivity index is 1.69. The topological polar surface area (TPSA) is 71.5 Å². The van der Waals surface area contributed by atoms with Gasteiger partial charge in [-0.3, -0.25) is 10.1 Å². The number of nitrogens with one attached hydrogen (secondary N) is 2. The fourth-order valence-electron chi connectivity index (χ4n) is 2.63. The third-order valence-electron chi connectivity index (χ3n) is 3.87. The van der Waals surface area contributed by atoms with E-state index < -0.39 is 0 Å². The standard InChI is InChI=1S/C17H22N4O2S/c1-22-15-8-4-3-7-13(15)14-10-16(21-20-14)19-17(24-2)18-11-12-6-5-9-23-12/h3-4,7-8,10,12H,5-6,9,11H2,1-2H3,(H2,18,19,20,21). The van der Waals surface area contributed by atoms with Gasteiger partial charge in [0.05, 0.1) is 25.5 Å². The summed E-state index contributed by atoms with van der Waals surface area (Å²) in [5.74, 6) is 1.54. The summed E-state index contributed by atoms with van der Waals surface area (Å²) in [4.78, 5) is 4.60. The highest BCUT2D eigenvalue weighted by Crippen LogP contribution is 2.29. The highest BCUT2D eigenvalue weighted by molar-refractivity contribution is 8.13. The Hall–Kier alpha value is -1.99. The number of thioether (sulfide) groups is 1. The largest absolute Gasteiger partial charge is 0.496 e. The molecule has 1 aliphatic rings. The Kier molecular flexibility index (Phi) is 5.77. The summed E-state index contributed by atoms with van der Waals surface area (Å²) in [7, 11) is 1.66. The van der Waals surface area contributed by atoms with Gasteiger partial charge in [-0.2, -0.15) is 5.10 Å². The zero-order valence-corrected chi connectivity index (χ0v) is 14.7. The first-order chi connectivity index (χ1) is 11.8. The number of nitrogens with zero attached hydrogens (tertiary/aromatic N) is 2. The zero-order valence-electron chi connectivity index (χ0n) is 13.9. The number of aliphatic imine (C=N–C) groups is 1. The number of methoxy groups -OCH3 is 1. The fourth-order valence-corrected chi connectivity index (χ4v) is 3.04. The lowest BCUT2D eigenvalue weighted by Crippen LogP contribution is -2.14. The van der Waals surface area contributed by atoms with E-state index in [1.54, 1.807) is 18.9 Å². The van der Waals surface area contributed by atoms with Crippen LogP contribution >= 0.6 is 11.8 Å². The lowest BCUT2D eigenvalue weighted by Gasteiger charge is -2.08. The van der Waals surface area contributed by atoms with E-state index in [0.717, 1.165) is 47.4 Å². The number of rotatable bonds is 5. The summed E-state index contributed by atoms with van der Waals surface area (Å²) in [5, 5.41) is 11.5. The van der Waals surface area contributed by atoms with Gasteiger partial charge in [-0.25, -0.2) is 0 Å². The van der Waals surface area contributed by atoms with Crippen molar-refractivity contribution in [2.24, 2.45) is 4.99 Å². The number of amidine groups is 1. The number of aromatic amines is 1. The van der Waals surface area contributed by atoms with Crippen LogP contribution in [0.1, 0.15) is 12.8 Å². The maximum absolute atomic E-state index is 5.61. The molecule has 1 saturated heterocycles. The van der Waals surface area contributed by atoms with Crippen LogP contribution in [0.2, 0.25) is 0 Å². The molecule has 1 aromatic heterocycles. The summed E-state index contributed by atoms with van der Waals surface area (Å²) in [6.45, 7) is 1.54. The summed E-state index contributed by atoms with van der Waals surface area (Å²) in [6, 6.07) is 9.80. The third-order valence-corrected chi connectivity index (χ3v) is 4.48. The first kappa shape index (κ1) is 16.9. The molecule has 1 aliphatic heterocycles. The summed E-state index contributed by atoms with van der Waals surface area (Å²) in [5.41, 5.74) is 1.87. The minimum Gasteiger partial charge on any atom is -0.496 e. The summed E-state index contributed by atoms with van der Waals surface area (Å²) < 4.78 is 11.0. The van der Waals surface area contributed by atoms with E-state index >= 15 is 0 Å². The Bertz CT molecular complexity index is 695. The molecule has 2 aromatic rings. The molecule has 0 bridgehead atoms. The van der Waals surface area contributed by atoms with Crippen LogP contribution in [0.5, 0.6) is 5.75 Å². The van der Waals surface area contributed by atoms with Gasteiger partial charge in [0.1, 0.15) is 5.75 Å². The van der Waals surface area contributed by atoms with Crippen molar-refractivity contribution in [2.45, 2.75) is 18.9 Å². The number of para-hydroxylation sites is 1. The van der Waals surface area contributed by atoms with Crippen molar-refractivity contribution >= 4 is 22.7 Å². The van der Waals surface area contributed by atoms with Gasteiger partial charge in [-0.15, -0.1) is 0 Å². The Labute approximate surface area is 146 Å². The van der Waals surface area contributed by atoms with Gasteiger partial charge < -0.3 is 14.8 Å². The van der Waals surface area contributed by atoms with E-state index in [4.69, 9.17) is 9.47 Å². The number of hydrogen-bond donors (Lipinski definition) is 2. The molecule has 0 saturated carbocycles. The lowest BCUT2D eigenvalue weighted by atomic mass is 10.1. The maximum atomic E-state index is 5.61. The molecule has 6 nitrogen and oxygen atoms in total. The van der Waals surface area contributed by atoms with Crippen LogP contribution in [0.3, 0.4) is 0 Å². The SMILES string of the molecule is COc1ccccc1-c1cc(NC(=NCC2CCCO2)SC)n[nH]1. The van der Waals surface area contributed by atoms with Gasteiger partial charge in [0, 0.05) is 18.2 Å². The first-order valence-electron chi connectivity index (χ1n) is 7.96. The number of hydrogen-bond acceptors (Lipinski definition) is 5. The van der Waals surface area contributed by atoms with Crippen molar-refractivity contribution in [3.63, 3.8) is 0 Å². The molecule has 1 fully saturated rings. The second-order valence-corrected chi connectivity index (χ2v) is 6.27. The van der Waals surface area contributed by atoms with E-state index in [9.17, 15) is 0 Å². The smallest absolute Gasteiger partial charge is 0.162 e. The van der Waals surface area contributed by atoms with Crippen molar-refractivity contribution in [3.8, 4) is 17.0 Å². The van der Waals surface area contributed by atoms with Crippen LogP contribution in [0, 0.1) is 0 Å². The van der Waals surface area contributed by atoms with Gasteiger partial charge >= 0.3 is 0 Å². The molecule has 0 aliphatic carbocycles. The molecule has 3 rings (SSSR count). The van der Waals surface area contributed by atoms with E-state index in [1.807, 2.05) is 36.6 Å².